The molecule has 2 aliphatic rings. The van der Waals surface area contributed by atoms with Crippen molar-refractivity contribution < 1.29 is 0 Å². The van der Waals surface area contributed by atoms with Gasteiger partial charge in [-0.25, -0.2) is 0 Å². The summed E-state index contributed by atoms with van der Waals surface area (Å²) in [5.74, 6) is 1.79. The third-order valence-corrected chi connectivity index (χ3v) is 4.87. The Kier molecular flexibility index (Phi) is 2.40. The molecule has 2 unspecified atom stereocenters. The van der Waals surface area contributed by atoms with Crippen molar-refractivity contribution in [3.63, 3.8) is 0 Å². The molecule has 1 aliphatic heterocycles. The summed E-state index contributed by atoms with van der Waals surface area (Å²) in [6.45, 7) is 2.36. The fraction of sp³-hybridized carbons (Fsp3) is 0.438. The lowest BCUT2D eigenvalue weighted by molar-refractivity contribution is 0.494. The summed E-state index contributed by atoms with van der Waals surface area (Å²) >= 11 is 0. The van der Waals surface area contributed by atoms with E-state index in [1.165, 1.54) is 38.0 Å². The molecule has 19 heavy (non-hydrogen) atoms. The first-order valence-electron chi connectivity index (χ1n) is 7.21. The predicted octanol–water partition coefficient (Wildman–Crippen LogP) is 3.05. The Morgan fingerprint density at radius 3 is 2.68 bits per heavy atom. The van der Waals surface area contributed by atoms with E-state index in [1.807, 2.05) is 12.3 Å². The number of aromatic nitrogens is 1. The number of rotatable bonds is 1. The minimum absolute atomic E-state index is 0.893. The second kappa shape index (κ2) is 4.12. The number of anilines is 2. The molecule has 0 spiro atoms. The molecule has 3 heteroatoms. The average Bonchev–Trinajstić information content (AvgIpc) is 3.00. The van der Waals surface area contributed by atoms with E-state index >= 15 is 0 Å². The van der Waals surface area contributed by atoms with Gasteiger partial charge >= 0.3 is 0 Å². The number of fused-ring (bicyclic) bond motifs is 2. The molecule has 4 rings (SSSR count). The molecule has 0 radical (unpaired) electrons. The summed E-state index contributed by atoms with van der Waals surface area (Å²) < 4.78 is 0. The Hall–Kier alpha value is -1.77. The van der Waals surface area contributed by atoms with E-state index in [0.717, 1.165) is 28.4 Å². The van der Waals surface area contributed by atoms with Gasteiger partial charge in [-0.1, -0.05) is 6.42 Å². The topological polar surface area (TPSA) is 42.1 Å². The third-order valence-electron chi connectivity index (χ3n) is 4.87. The Balaban J connectivity index is 1.74. The first-order chi connectivity index (χ1) is 9.33. The van der Waals surface area contributed by atoms with Crippen LogP contribution in [0.4, 0.5) is 11.4 Å². The molecule has 0 amide bonds. The van der Waals surface area contributed by atoms with Crippen LogP contribution in [0.3, 0.4) is 0 Å². The van der Waals surface area contributed by atoms with Crippen LogP contribution < -0.4 is 10.6 Å². The van der Waals surface area contributed by atoms with Crippen molar-refractivity contribution in [3.05, 3.63) is 30.5 Å². The molecule has 2 aromatic rings. The van der Waals surface area contributed by atoms with Gasteiger partial charge in [-0.05, 0) is 48.9 Å². The van der Waals surface area contributed by atoms with Gasteiger partial charge in [0, 0.05) is 24.7 Å². The number of hydrogen-bond donors (Lipinski definition) is 1. The summed E-state index contributed by atoms with van der Waals surface area (Å²) in [5.41, 5.74) is 9.45. The molecule has 1 aromatic carbocycles. The maximum atomic E-state index is 6.37. The maximum Gasteiger partial charge on any atom is 0.0724 e. The SMILES string of the molecule is Nc1c(N2CC3CCCC3C2)ccc2ncccc12. The number of pyridine rings is 1. The Bertz CT molecular complexity index is 610. The summed E-state index contributed by atoms with van der Waals surface area (Å²) in [7, 11) is 0. The molecular formula is C16H19N3. The van der Waals surface area contributed by atoms with Crippen molar-refractivity contribution in [2.45, 2.75) is 19.3 Å². The third kappa shape index (κ3) is 1.68. The van der Waals surface area contributed by atoms with Crippen molar-refractivity contribution in [3.8, 4) is 0 Å². The number of benzene rings is 1. The summed E-state index contributed by atoms with van der Waals surface area (Å²) in [5, 5.41) is 1.08. The van der Waals surface area contributed by atoms with Crippen molar-refractivity contribution in [1.82, 2.24) is 4.98 Å². The van der Waals surface area contributed by atoms with Crippen LogP contribution in [0.2, 0.25) is 0 Å². The maximum absolute atomic E-state index is 6.37. The second-order valence-electron chi connectivity index (χ2n) is 5.92. The lowest BCUT2D eigenvalue weighted by Crippen LogP contribution is -2.21. The van der Waals surface area contributed by atoms with Gasteiger partial charge in [0.25, 0.3) is 0 Å². The molecule has 1 saturated carbocycles. The van der Waals surface area contributed by atoms with Gasteiger partial charge in [-0.15, -0.1) is 0 Å². The van der Waals surface area contributed by atoms with Crippen LogP contribution in [0, 0.1) is 11.8 Å². The predicted molar refractivity (Wildman–Crippen MR) is 79.2 cm³/mol. The van der Waals surface area contributed by atoms with Gasteiger partial charge in [0.1, 0.15) is 0 Å². The molecule has 2 atom stereocenters. The molecule has 0 bridgehead atoms. The molecule has 3 nitrogen and oxygen atoms in total. The van der Waals surface area contributed by atoms with E-state index in [9.17, 15) is 0 Å². The number of nitrogen functional groups attached to an aromatic ring is 1. The first-order valence-corrected chi connectivity index (χ1v) is 7.21. The van der Waals surface area contributed by atoms with E-state index in [-0.39, 0.29) is 0 Å². The molecule has 1 saturated heterocycles. The molecule has 98 valence electrons. The smallest absolute Gasteiger partial charge is 0.0724 e. The zero-order valence-corrected chi connectivity index (χ0v) is 11.0. The second-order valence-corrected chi connectivity index (χ2v) is 5.92. The first kappa shape index (κ1) is 11.1. The van der Waals surface area contributed by atoms with E-state index in [1.54, 1.807) is 0 Å². The highest BCUT2D eigenvalue weighted by molar-refractivity contribution is 5.97. The number of nitrogens with two attached hydrogens (primary N) is 1. The van der Waals surface area contributed by atoms with Crippen LogP contribution in [0.25, 0.3) is 10.9 Å². The van der Waals surface area contributed by atoms with E-state index in [0.29, 0.717) is 0 Å². The minimum Gasteiger partial charge on any atom is -0.396 e. The van der Waals surface area contributed by atoms with Gasteiger partial charge in [-0.2, -0.15) is 0 Å². The van der Waals surface area contributed by atoms with Gasteiger partial charge in [-0.3, -0.25) is 4.98 Å². The molecule has 2 fully saturated rings. The van der Waals surface area contributed by atoms with Crippen molar-refractivity contribution in [1.29, 1.82) is 0 Å². The van der Waals surface area contributed by atoms with Gasteiger partial charge < -0.3 is 10.6 Å². The highest BCUT2D eigenvalue weighted by Crippen LogP contribution is 2.41. The highest BCUT2D eigenvalue weighted by atomic mass is 15.2. The molecular weight excluding hydrogens is 234 g/mol. The largest absolute Gasteiger partial charge is 0.396 e. The molecule has 2 heterocycles. The van der Waals surface area contributed by atoms with Crippen LogP contribution in [0.5, 0.6) is 0 Å². The lowest BCUT2D eigenvalue weighted by atomic mass is 10.0. The van der Waals surface area contributed by atoms with E-state index < -0.39 is 0 Å². The van der Waals surface area contributed by atoms with Crippen LogP contribution in [0.15, 0.2) is 30.5 Å². The Morgan fingerprint density at radius 2 is 1.89 bits per heavy atom. The van der Waals surface area contributed by atoms with Gasteiger partial charge in [0.05, 0.1) is 16.9 Å². The van der Waals surface area contributed by atoms with Crippen molar-refractivity contribution in [2.24, 2.45) is 11.8 Å². The fourth-order valence-electron chi connectivity index (χ4n) is 3.87. The Labute approximate surface area is 113 Å². The zero-order valence-electron chi connectivity index (χ0n) is 11.0. The van der Waals surface area contributed by atoms with E-state index in [2.05, 4.69) is 28.1 Å². The molecule has 1 aromatic heterocycles. The van der Waals surface area contributed by atoms with Crippen LogP contribution >= 0.6 is 0 Å². The van der Waals surface area contributed by atoms with Crippen LogP contribution in [-0.2, 0) is 0 Å². The average molecular weight is 253 g/mol. The quantitative estimate of drug-likeness (QED) is 0.794. The van der Waals surface area contributed by atoms with Crippen LogP contribution in [-0.4, -0.2) is 18.1 Å². The fourth-order valence-corrected chi connectivity index (χ4v) is 3.87. The summed E-state index contributed by atoms with van der Waals surface area (Å²) in [6.07, 6.45) is 6.04. The monoisotopic (exact) mass is 253 g/mol. The highest BCUT2D eigenvalue weighted by Gasteiger charge is 2.36. The molecule has 1 aliphatic carbocycles. The Morgan fingerprint density at radius 1 is 1.11 bits per heavy atom. The standard InChI is InChI=1S/C16H19N3/c17-16-13-5-2-8-18-14(13)6-7-15(16)19-9-11-3-1-4-12(11)10-19/h2,5-8,11-12H,1,3-4,9-10,17H2. The zero-order chi connectivity index (χ0) is 12.8. The number of nitrogens with zero attached hydrogens (tertiary/aromatic N) is 2. The van der Waals surface area contributed by atoms with Crippen molar-refractivity contribution in [2.75, 3.05) is 23.7 Å². The number of hydrogen-bond acceptors (Lipinski definition) is 3. The summed E-state index contributed by atoms with van der Waals surface area (Å²) in [4.78, 5) is 6.85. The van der Waals surface area contributed by atoms with Crippen LogP contribution in [0.1, 0.15) is 19.3 Å². The lowest BCUT2D eigenvalue weighted by Gasteiger charge is -2.22. The van der Waals surface area contributed by atoms with Crippen molar-refractivity contribution >= 4 is 22.3 Å². The molecule has 2 N–H and O–H groups in total. The minimum atomic E-state index is 0.893. The normalized spacial score (nSPS) is 26.0. The van der Waals surface area contributed by atoms with Gasteiger partial charge in [0.15, 0.2) is 0 Å². The van der Waals surface area contributed by atoms with E-state index in [4.69, 9.17) is 5.73 Å². The van der Waals surface area contributed by atoms with Gasteiger partial charge in [0.2, 0.25) is 0 Å². The summed E-state index contributed by atoms with van der Waals surface area (Å²) in [6, 6.07) is 8.26.